The van der Waals surface area contributed by atoms with E-state index in [0.29, 0.717) is 0 Å². The van der Waals surface area contributed by atoms with Gasteiger partial charge in [-0.2, -0.15) is 6.08 Å². The Morgan fingerprint density at radius 3 is 2.11 bits per heavy atom. The third kappa shape index (κ3) is 6.57. The summed E-state index contributed by atoms with van der Waals surface area (Å²) in [6.45, 7) is 2.06. The Labute approximate surface area is 81.4 Å². The van der Waals surface area contributed by atoms with Crippen molar-refractivity contribution >= 4 is 24.8 Å². The third-order valence-corrected chi connectivity index (χ3v) is 0.867. The van der Waals surface area contributed by atoms with Gasteiger partial charge in [0.05, 0.1) is 0 Å². The van der Waals surface area contributed by atoms with Crippen molar-refractivity contribution < 1.29 is 19.5 Å². The second kappa shape index (κ2) is 8.68. The molecule has 0 heterocycles. The van der Waals surface area contributed by atoms with Gasteiger partial charge in [0.25, 0.3) is 0 Å². The van der Waals surface area contributed by atoms with Gasteiger partial charge in [0.2, 0.25) is 0 Å². The SMILES string of the molecule is CC1=[C-]CC=C1.Cl.Cl.[Ru+]. The number of halogens is 2. The van der Waals surface area contributed by atoms with Crippen molar-refractivity contribution in [2.45, 2.75) is 13.3 Å². The molecule has 0 spiro atoms. The quantitative estimate of drug-likeness (QED) is 0.459. The van der Waals surface area contributed by atoms with Gasteiger partial charge in [0, 0.05) is 0 Å². The van der Waals surface area contributed by atoms with Crippen LogP contribution in [0.15, 0.2) is 17.7 Å². The molecule has 1 radical (unpaired) electrons. The van der Waals surface area contributed by atoms with Crippen molar-refractivity contribution in [1.82, 2.24) is 0 Å². The fraction of sp³-hybridized carbons (Fsp3) is 0.333. The second-order valence-electron chi connectivity index (χ2n) is 1.47. The summed E-state index contributed by atoms with van der Waals surface area (Å²) in [7, 11) is 0. The van der Waals surface area contributed by atoms with E-state index < -0.39 is 0 Å². The first-order valence-corrected chi connectivity index (χ1v) is 2.13. The maximum atomic E-state index is 3.12. The molecule has 0 aliphatic heterocycles. The van der Waals surface area contributed by atoms with Gasteiger partial charge in [0.1, 0.15) is 0 Å². The first-order chi connectivity index (χ1) is 2.89. The van der Waals surface area contributed by atoms with Crippen LogP contribution in [0, 0.1) is 6.08 Å². The molecule has 3 heteroatoms. The van der Waals surface area contributed by atoms with Crippen molar-refractivity contribution in [3.8, 4) is 0 Å². The van der Waals surface area contributed by atoms with Gasteiger partial charge < -0.3 is 0 Å². The van der Waals surface area contributed by atoms with Gasteiger partial charge in [-0.05, 0) is 0 Å². The normalized spacial score (nSPS) is 12.3. The summed E-state index contributed by atoms with van der Waals surface area (Å²) in [6.07, 6.45) is 8.33. The molecule has 0 aromatic heterocycles. The Kier molecular flexibility index (Phi) is 15.8. The summed E-state index contributed by atoms with van der Waals surface area (Å²) in [5.74, 6) is 0. The Bertz CT molecular complexity index is 105. The molecule has 1 aliphatic rings. The zero-order valence-electron chi connectivity index (χ0n) is 5.03. The third-order valence-electron chi connectivity index (χ3n) is 0.867. The van der Waals surface area contributed by atoms with E-state index >= 15 is 0 Å². The van der Waals surface area contributed by atoms with Crippen molar-refractivity contribution in [3.63, 3.8) is 0 Å². The van der Waals surface area contributed by atoms with E-state index in [2.05, 4.69) is 25.2 Å². The first kappa shape index (κ1) is 16.3. The average molecular weight is 253 g/mol. The minimum Gasteiger partial charge on any atom is -0.270 e. The first-order valence-electron chi connectivity index (χ1n) is 2.13. The number of hydrogen-bond donors (Lipinski definition) is 0. The van der Waals surface area contributed by atoms with Crippen LogP contribution < -0.4 is 0 Å². The van der Waals surface area contributed by atoms with Gasteiger partial charge in [-0.1, -0.05) is 6.92 Å². The van der Waals surface area contributed by atoms with Crippen LogP contribution in [0.4, 0.5) is 0 Å². The van der Waals surface area contributed by atoms with Gasteiger partial charge in [-0.3, -0.25) is 6.08 Å². The molecule has 0 N–H and O–H groups in total. The monoisotopic (exact) mass is 253 g/mol. The summed E-state index contributed by atoms with van der Waals surface area (Å²) in [5.41, 5.74) is 1.27. The van der Waals surface area contributed by atoms with Crippen molar-refractivity contribution in [2.24, 2.45) is 0 Å². The molecule has 0 saturated heterocycles. The molecule has 0 bridgehead atoms. The molecular weight excluding hydrogens is 244 g/mol. The maximum Gasteiger partial charge on any atom is 1.00 e. The van der Waals surface area contributed by atoms with Crippen LogP contribution in [0.2, 0.25) is 0 Å². The number of allylic oxidation sites excluding steroid dienone is 4. The van der Waals surface area contributed by atoms with Crippen LogP contribution in [0.5, 0.6) is 0 Å². The Morgan fingerprint density at radius 2 is 2.00 bits per heavy atom. The predicted octanol–water partition coefficient (Wildman–Crippen LogP) is 2.54. The van der Waals surface area contributed by atoms with E-state index in [1.807, 2.05) is 0 Å². The fourth-order valence-corrected chi connectivity index (χ4v) is 0.515. The van der Waals surface area contributed by atoms with Crippen molar-refractivity contribution in [3.05, 3.63) is 23.8 Å². The Balaban J connectivity index is -0.000000120. The van der Waals surface area contributed by atoms with E-state index in [-0.39, 0.29) is 44.3 Å². The van der Waals surface area contributed by atoms with Gasteiger partial charge in [0.15, 0.2) is 0 Å². The van der Waals surface area contributed by atoms with Crippen LogP contribution >= 0.6 is 24.8 Å². The average Bonchev–Trinajstić information content (AvgIpc) is 1.86. The Hall–Kier alpha value is 0.683. The maximum absolute atomic E-state index is 3.12. The van der Waals surface area contributed by atoms with Crippen LogP contribution in [0.25, 0.3) is 0 Å². The van der Waals surface area contributed by atoms with Crippen molar-refractivity contribution in [2.75, 3.05) is 0 Å². The van der Waals surface area contributed by atoms with E-state index in [4.69, 9.17) is 0 Å². The molecular formula is C6H9Cl2Ru. The van der Waals surface area contributed by atoms with Crippen molar-refractivity contribution in [1.29, 1.82) is 0 Å². The number of rotatable bonds is 0. The molecule has 0 amide bonds. The molecule has 0 atom stereocenters. The van der Waals surface area contributed by atoms with Gasteiger partial charge in [-0.15, -0.1) is 31.2 Å². The topological polar surface area (TPSA) is 0 Å². The van der Waals surface area contributed by atoms with E-state index in [1.165, 1.54) is 5.57 Å². The molecule has 0 aromatic carbocycles. The summed E-state index contributed by atoms with van der Waals surface area (Å²) in [6, 6.07) is 0. The molecule has 0 aromatic rings. The minimum atomic E-state index is 0. The minimum absolute atomic E-state index is 0. The fourth-order valence-electron chi connectivity index (χ4n) is 0.515. The molecule has 55 valence electrons. The summed E-state index contributed by atoms with van der Waals surface area (Å²) in [4.78, 5) is 0. The molecule has 1 aliphatic carbocycles. The smallest absolute Gasteiger partial charge is 0.270 e. The summed E-state index contributed by atoms with van der Waals surface area (Å²) in [5, 5.41) is 0. The zero-order valence-corrected chi connectivity index (χ0v) is 8.40. The standard InChI is InChI=1S/C6H7.2ClH.Ru/c1-6-4-2-3-5-6;;;/h2,4H,3H2,1H3;2*1H;/q-1;;;+1. The van der Waals surface area contributed by atoms with Crippen LogP contribution in [-0.2, 0) is 19.5 Å². The number of hydrogen-bond acceptors (Lipinski definition) is 0. The van der Waals surface area contributed by atoms with E-state index in [0.717, 1.165) is 6.42 Å². The van der Waals surface area contributed by atoms with E-state index in [1.54, 1.807) is 0 Å². The predicted molar refractivity (Wildman–Crippen MR) is 40.7 cm³/mol. The van der Waals surface area contributed by atoms with E-state index in [9.17, 15) is 0 Å². The zero-order chi connectivity index (χ0) is 4.41. The van der Waals surface area contributed by atoms with Crippen LogP contribution in [0.1, 0.15) is 13.3 Å². The van der Waals surface area contributed by atoms with Crippen LogP contribution in [-0.4, -0.2) is 0 Å². The van der Waals surface area contributed by atoms with Crippen LogP contribution in [0.3, 0.4) is 0 Å². The Morgan fingerprint density at radius 1 is 1.44 bits per heavy atom. The second-order valence-corrected chi connectivity index (χ2v) is 1.47. The largest absolute Gasteiger partial charge is 1.00 e. The van der Waals surface area contributed by atoms with Gasteiger partial charge in [-0.25, -0.2) is 11.6 Å². The molecule has 0 fully saturated rings. The summed E-state index contributed by atoms with van der Waals surface area (Å²) < 4.78 is 0. The molecule has 0 saturated carbocycles. The molecule has 0 nitrogen and oxygen atoms in total. The summed E-state index contributed by atoms with van der Waals surface area (Å²) >= 11 is 0. The molecule has 1 rings (SSSR count). The molecule has 9 heavy (non-hydrogen) atoms. The van der Waals surface area contributed by atoms with Gasteiger partial charge >= 0.3 is 19.5 Å². The molecule has 0 unspecified atom stereocenters.